The first-order chi connectivity index (χ1) is 12.6. The monoisotopic (exact) mass is 347 g/mol. The highest BCUT2D eigenvalue weighted by Gasteiger charge is 2.09. The zero-order chi connectivity index (χ0) is 18.4. The smallest absolute Gasteiger partial charge is 0.306 e. The highest BCUT2D eigenvalue weighted by molar-refractivity contribution is 5.92. The summed E-state index contributed by atoms with van der Waals surface area (Å²) < 4.78 is 5.33. The molecule has 0 fully saturated rings. The zero-order valence-corrected chi connectivity index (χ0v) is 14.7. The average Bonchev–Trinajstić information content (AvgIpc) is 2.66. The summed E-state index contributed by atoms with van der Waals surface area (Å²) in [5.74, 6) is -0.576. The number of aryl methyl sites for hydroxylation is 1. The third kappa shape index (κ3) is 4.70. The fourth-order valence-corrected chi connectivity index (χ4v) is 2.72. The molecule has 0 atom stereocenters. The first-order valence-electron chi connectivity index (χ1n) is 8.60. The molecule has 0 heterocycles. The molecule has 1 amide bonds. The van der Waals surface area contributed by atoms with Crippen molar-refractivity contribution >= 4 is 28.3 Å². The van der Waals surface area contributed by atoms with E-state index < -0.39 is 0 Å². The van der Waals surface area contributed by atoms with E-state index in [2.05, 4.69) is 5.32 Å². The number of amides is 1. The molecule has 0 spiro atoms. The maximum absolute atomic E-state index is 12.0. The summed E-state index contributed by atoms with van der Waals surface area (Å²) in [5, 5.41) is 4.95. The summed E-state index contributed by atoms with van der Waals surface area (Å²) in [6, 6.07) is 21.4. The molecule has 0 aliphatic rings. The predicted octanol–water partition coefficient (Wildman–Crippen LogP) is 4.61. The van der Waals surface area contributed by atoms with Gasteiger partial charge in [0.05, 0.1) is 6.42 Å². The van der Waals surface area contributed by atoms with E-state index in [4.69, 9.17) is 4.74 Å². The van der Waals surface area contributed by atoms with Gasteiger partial charge in [0.1, 0.15) is 6.61 Å². The summed E-state index contributed by atoms with van der Waals surface area (Å²) in [5.41, 5.74) is 2.81. The van der Waals surface area contributed by atoms with Crippen LogP contribution >= 0.6 is 0 Å². The number of anilines is 1. The Kier molecular flexibility index (Phi) is 5.64. The lowest BCUT2D eigenvalue weighted by atomic mass is 10.1. The van der Waals surface area contributed by atoms with Crippen LogP contribution in [-0.2, 0) is 20.9 Å². The van der Waals surface area contributed by atoms with E-state index in [-0.39, 0.29) is 31.3 Å². The minimum absolute atomic E-state index is 0.0580. The van der Waals surface area contributed by atoms with E-state index in [0.29, 0.717) is 0 Å². The number of hydrogen-bond donors (Lipinski definition) is 1. The second-order valence-corrected chi connectivity index (χ2v) is 6.21. The van der Waals surface area contributed by atoms with Crippen molar-refractivity contribution in [2.24, 2.45) is 0 Å². The van der Waals surface area contributed by atoms with Crippen LogP contribution in [0, 0.1) is 6.92 Å². The van der Waals surface area contributed by atoms with Crippen LogP contribution in [0.2, 0.25) is 0 Å². The van der Waals surface area contributed by atoms with Gasteiger partial charge in [-0.3, -0.25) is 9.59 Å². The van der Waals surface area contributed by atoms with Crippen molar-refractivity contribution in [2.45, 2.75) is 26.4 Å². The molecule has 3 rings (SSSR count). The minimum Gasteiger partial charge on any atom is -0.461 e. The molecule has 0 saturated carbocycles. The summed E-state index contributed by atoms with van der Waals surface area (Å²) in [6.45, 7) is 2.19. The van der Waals surface area contributed by atoms with E-state index in [9.17, 15) is 9.59 Å². The Hall–Kier alpha value is -3.14. The first-order valence-corrected chi connectivity index (χ1v) is 8.60. The molecule has 1 N–H and O–H groups in total. The maximum atomic E-state index is 12.0. The third-order valence-electron chi connectivity index (χ3n) is 4.16. The van der Waals surface area contributed by atoms with Crippen LogP contribution in [0.25, 0.3) is 10.8 Å². The predicted molar refractivity (Wildman–Crippen MR) is 103 cm³/mol. The molecule has 4 heteroatoms. The Morgan fingerprint density at radius 3 is 2.42 bits per heavy atom. The van der Waals surface area contributed by atoms with Gasteiger partial charge in [-0.15, -0.1) is 0 Å². The fourth-order valence-electron chi connectivity index (χ4n) is 2.72. The molecule has 0 aliphatic heterocycles. The van der Waals surface area contributed by atoms with E-state index in [0.717, 1.165) is 27.6 Å². The van der Waals surface area contributed by atoms with Gasteiger partial charge in [0.2, 0.25) is 5.91 Å². The summed E-state index contributed by atoms with van der Waals surface area (Å²) >= 11 is 0. The molecule has 4 nitrogen and oxygen atoms in total. The Balaban J connectivity index is 1.48. The highest BCUT2D eigenvalue weighted by Crippen LogP contribution is 2.19. The van der Waals surface area contributed by atoms with E-state index >= 15 is 0 Å². The Morgan fingerprint density at radius 1 is 0.885 bits per heavy atom. The van der Waals surface area contributed by atoms with Gasteiger partial charge in [-0.2, -0.15) is 0 Å². The summed E-state index contributed by atoms with van der Waals surface area (Å²) in [4.78, 5) is 23.9. The molecule has 0 bridgehead atoms. The lowest BCUT2D eigenvalue weighted by Gasteiger charge is -2.08. The number of hydrogen-bond acceptors (Lipinski definition) is 3. The minimum atomic E-state index is -0.378. The van der Waals surface area contributed by atoms with Gasteiger partial charge in [0.25, 0.3) is 0 Å². The lowest BCUT2D eigenvalue weighted by Crippen LogP contribution is -2.14. The van der Waals surface area contributed by atoms with Crippen molar-refractivity contribution in [3.63, 3.8) is 0 Å². The lowest BCUT2D eigenvalue weighted by molar-refractivity contribution is -0.145. The third-order valence-corrected chi connectivity index (χ3v) is 4.16. The largest absolute Gasteiger partial charge is 0.461 e. The second kappa shape index (κ2) is 8.30. The number of carbonyl (C=O) groups excluding carboxylic acids is 2. The van der Waals surface area contributed by atoms with E-state index in [1.54, 1.807) is 0 Å². The van der Waals surface area contributed by atoms with E-state index in [1.807, 2.05) is 73.7 Å². The van der Waals surface area contributed by atoms with Gasteiger partial charge in [0, 0.05) is 12.1 Å². The second-order valence-electron chi connectivity index (χ2n) is 6.21. The molecule has 0 unspecified atom stereocenters. The van der Waals surface area contributed by atoms with Crippen LogP contribution in [0.15, 0.2) is 66.7 Å². The molecule has 26 heavy (non-hydrogen) atoms. The van der Waals surface area contributed by atoms with E-state index in [1.165, 1.54) is 0 Å². The molecular weight excluding hydrogens is 326 g/mol. The van der Waals surface area contributed by atoms with Gasteiger partial charge in [-0.1, -0.05) is 60.2 Å². The van der Waals surface area contributed by atoms with Crippen molar-refractivity contribution in [3.05, 3.63) is 77.9 Å². The number of carbonyl (C=O) groups is 2. The van der Waals surface area contributed by atoms with Crippen LogP contribution in [-0.4, -0.2) is 11.9 Å². The SMILES string of the molecule is Cc1ccc(NC(=O)CCC(=O)OCc2cccc3ccccc23)cc1. The van der Waals surface area contributed by atoms with Crippen molar-refractivity contribution in [1.82, 2.24) is 0 Å². The number of rotatable bonds is 6. The Bertz CT molecular complexity index is 911. The molecular formula is C22H21NO3. The molecule has 132 valence electrons. The van der Waals surface area contributed by atoms with Crippen LogP contribution in [0.4, 0.5) is 5.69 Å². The van der Waals surface area contributed by atoms with Crippen LogP contribution in [0.1, 0.15) is 24.0 Å². The van der Waals surface area contributed by atoms with Crippen molar-refractivity contribution < 1.29 is 14.3 Å². The Morgan fingerprint density at radius 2 is 1.62 bits per heavy atom. The molecule has 3 aromatic rings. The normalized spacial score (nSPS) is 10.5. The Labute approximate surface area is 152 Å². The van der Waals surface area contributed by atoms with Crippen molar-refractivity contribution in [1.29, 1.82) is 0 Å². The number of ether oxygens (including phenoxy) is 1. The summed E-state index contributed by atoms with van der Waals surface area (Å²) in [6.07, 6.45) is 0.157. The van der Waals surface area contributed by atoms with Crippen molar-refractivity contribution in [2.75, 3.05) is 5.32 Å². The quantitative estimate of drug-likeness (QED) is 0.663. The standard InChI is InChI=1S/C22H21NO3/c1-16-9-11-19(12-10-16)23-21(24)13-14-22(25)26-15-18-7-4-6-17-5-2-3-8-20(17)18/h2-12H,13-15H2,1H3,(H,23,24). The maximum Gasteiger partial charge on any atom is 0.306 e. The van der Waals surface area contributed by atoms with Crippen LogP contribution in [0.3, 0.4) is 0 Å². The zero-order valence-electron chi connectivity index (χ0n) is 14.7. The highest BCUT2D eigenvalue weighted by atomic mass is 16.5. The number of nitrogens with one attached hydrogen (secondary N) is 1. The van der Waals surface area contributed by atoms with Crippen molar-refractivity contribution in [3.8, 4) is 0 Å². The fraction of sp³-hybridized carbons (Fsp3) is 0.182. The molecule has 0 aliphatic carbocycles. The van der Waals surface area contributed by atoms with Gasteiger partial charge in [0.15, 0.2) is 0 Å². The molecule has 3 aromatic carbocycles. The number of benzene rings is 3. The molecule has 0 radical (unpaired) electrons. The molecule has 0 aromatic heterocycles. The van der Waals surface area contributed by atoms with Gasteiger partial charge in [-0.05, 0) is 35.4 Å². The van der Waals surface area contributed by atoms with Crippen LogP contribution in [0.5, 0.6) is 0 Å². The average molecular weight is 347 g/mol. The number of esters is 1. The van der Waals surface area contributed by atoms with Gasteiger partial charge < -0.3 is 10.1 Å². The topological polar surface area (TPSA) is 55.4 Å². The van der Waals surface area contributed by atoms with Gasteiger partial charge in [-0.25, -0.2) is 0 Å². The summed E-state index contributed by atoms with van der Waals surface area (Å²) in [7, 11) is 0. The number of fused-ring (bicyclic) bond motifs is 1. The van der Waals surface area contributed by atoms with Gasteiger partial charge >= 0.3 is 5.97 Å². The first kappa shape index (κ1) is 17.7. The molecule has 0 saturated heterocycles. The van der Waals surface area contributed by atoms with Crippen LogP contribution < -0.4 is 5.32 Å².